The summed E-state index contributed by atoms with van der Waals surface area (Å²) in [7, 11) is 1.82. The van der Waals surface area contributed by atoms with Gasteiger partial charge in [0.15, 0.2) is 5.60 Å². The first-order chi connectivity index (χ1) is 8.99. The van der Waals surface area contributed by atoms with E-state index in [1.54, 1.807) is 4.90 Å². The number of hydrogen-bond donors (Lipinski definition) is 1. The molecule has 1 aromatic carbocycles. The molecule has 2 heterocycles. The van der Waals surface area contributed by atoms with Crippen LogP contribution in [0.4, 0.5) is 5.69 Å². The predicted molar refractivity (Wildman–Crippen MR) is 74.8 cm³/mol. The predicted octanol–water partition coefficient (Wildman–Crippen LogP) is 1.90. The summed E-state index contributed by atoms with van der Waals surface area (Å²) in [6.07, 6.45) is 1.16. The Balaban J connectivity index is 1.99. The molecule has 0 saturated carbocycles. The number of amides is 1. The van der Waals surface area contributed by atoms with Crippen molar-refractivity contribution in [1.29, 1.82) is 0 Å². The summed E-state index contributed by atoms with van der Waals surface area (Å²) in [5.74, 6) is 1.34. The van der Waals surface area contributed by atoms with Gasteiger partial charge in [-0.3, -0.25) is 4.79 Å². The number of ether oxygens (including phenoxy) is 1. The molecule has 1 fully saturated rings. The van der Waals surface area contributed by atoms with E-state index >= 15 is 0 Å². The summed E-state index contributed by atoms with van der Waals surface area (Å²) in [6, 6.07) is 6.21. The molecule has 1 unspecified atom stereocenters. The molecule has 4 heteroatoms. The lowest BCUT2D eigenvalue weighted by molar-refractivity contribution is -0.132. The molecule has 2 aliphatic heterocycles. The maximum absolute atomic E-state index is 12.2. The SMILES string of the molecule is CN1C(=O)C(C)(C)Oc2ccc(C3CCNC3)cc21. The van der Waals surface area contributed by atoms with Crippen LogP contribution < -0.4 is 15.0 Å². The Morgan fingerprint density at radius 3 is 2.89 bits per heavy atom. The number of benzene rings is 1. The molecule has 1 saturated heterocycles. The van der Waals surface area contributed by atoms with Crippen LogP contribution in [0, 0.1) is 0 Å². The van der Waals surface area contributed by atoms with Crippen molar-refractivity contribution >= 4 is 11.6 Å². The molecule has 0 aromatic heterocycles. The molecular weight excluding hydrogens is 240 g/mol. The molecule has 2 aliphatic rings. The van der Waals surface area contributed by atoms with Crippen LogP contribution in [0.1, 0.15) is 31.7 Å². The number of carbonyl (C=O) groups is 1. The number of fused-ring (bicyclic) bond motifs is 1. The van der Waals surface area contributed by atoms with Gasteiger partial charge >= 0.3 is 0 Å². The average Bonchev–Trinajstić information content (AvgIpc) is 2.89. The van der Waals surface area contributed by atoms with Crippen molar-refractivity contribution in [3.8, 4) is 5.75 Å². The Kier molecular flexibility index (Phi) is 2.78. The normalized spacial score (nSPS) is 25.1. The molecule has 4 nitrogen and oxygen atoms in total. The molecule has 1 N–H and O–H groups in total. The highest BCUT2D eigenvalue weighted by molar-refractivity contribution is 6.01. The lowest BCUT2D eigenvalue weighted by atomic mass is 9.96. The van der Waals surface area contributed by atoms with Gasteiger partial charge in [-0.05, 0) is 50.4 Å². The van der Waals surface area contributed by atoms with Crippen molar-refractivity contribution in [2.24, 2.45) is 0 Å². The minimum atomic E-state index is -0.780. The summed E-state index contributed by atoms with van der Waals surface area (Å²) < 4.78 is 5.81. The van der Waals surface area contributed by atoms with E-state index in [-0.39, 0.29) is 5.91 Å². The van der Waals surface area contributed by atoms with E-state index in [0.717, 1.165) is 30.9 Å². The van der Waals surface area contributed by atoms with Crippen LogP contribution in [0.3, 0.4) is 0 Å². The highest BCUT2D eigenvalue weighted by atomic mass is 16.5. The molecule has 0 bridgehead atoms. The summed E-state index contributed by atoms with van der Waals surface area (Å²) in [6.45, 7) is 5.70. The van der Waals surface area contributed by atoms with Crippen LogP contribution in [0.5, 0.6) is 5.75 Å². The third-order valence-corrected chi connectivity index (χ3v) is 4.06. The first-order valence-corrected chi connectivity index (χ1v) is 6.81. The standard InChI is InChI=1S/C15H20N2O2/c1-15(2)14(18)17(3)12-8-10(4-5-13(12)19-15)11-6-7-16-9-11/h4-5,8,11,16H,6-7,9H2,1-3H3. The van der Waals surface area contributed by atoms with E-state index in [2.05, 4.69) is 17.4 Å². The van der Waals surface area contributed by atoms with Crippen LogP contribution in [-0.4, -0.2) is 31.6 Å². The van der Waals surface area contributed by atoms with E-state index in [1.165, 1.54) is 5.56 Å². The molecule has 19 heavy (non-hydrogen) atoms. The number of rotatable bonds is 1. The smallest absolute Gasteiger partial charge is 0.270 e. The molecule has 0 aliphatic carbocycles. The number of nitrogens with one attached hydrogen (secondary N) is 1. The van der Waals surface area contributed by atoms with Gasteiger partial charge in [0.25, 0.3) is 5.91 Å². The zero-order valence-electron chi connectivity index (χ0n) is 11.7. The Morgan fingerprint density at radius 1 is 1.42 bits per heavy atom. The average molecular weight is 260 g/mol. The van der Waals surface area contributed by atoms with Gasteiger partial charge in [-0.25, -0.2) is 0 Å². The maximum Gasteiger partial charge on any atom is 0.270 e. The van der Waals surface area contributed by atoms with Gasteiger partial charge in [-0.1, -0.05) is 6.07 Å². The van der Waals surface area contributed by atoms with Gasteiger partial charge in [0.05, 0.1) is 5.69 Å². The number of carbonyl (C=O) groups excluding carboxylic acids is 1. The first kappa shape index (κ1) is 12.5. The molecule has 102 valence electrons. The van der Waals surface area contributed by atoms with Crippen molar-refractivity contribution < 1.29 is 9.53 Å². The maximum atomic E-state index is 12.2. The Hall–Kier alpha value is -1.55. The van der Waals surface area contributed by atoms with E-state index in [4.69, 9.17) is 4.74 Å². The summed E-state index contributed by atoms with van der Waals surface area (Å²) in [5.41, 5.74) is 1.39. The van der Waals surface area contributed by atoms with Crippen LogP contribution >= 0.6 is 0 Å². The van der Waals surface area contributed by atoms with Crippen LogP contribution in [-0.2, 0) is 4.79 Å². The van der Waals surface area contributed by atoms with E-state index < -0.39 is 5.60 Å². The van der Waals surface area contributed by atoms with Gasteiger partial charge in [-0.15, -0.1) is 0 Å². The molecule has 1 aromatic rings. The van der Waals surface area contributed by atoms with E-state index in [9.17, 15) is 4.79 Å². The minimum Gasteiger partial charge on any atom is -0.476 e. The Morgan fingerprint density at radius 2 is 2.21 bits per heavy atom. The second kappa shape index (κ2) is 4.23. The van der Waals surface area contributed by atoms with Gasteiger partial charge in [-0.2, -0.15) is 0 Å². The fourth-order valence-corrected chi connectivity index (χ4v) is 2.91. The van der Waals surface area contributed by atoms with E-state index in [1.807, 2.05) is 27.0 Å². The second-order valence-electron chi connectivity index (χ2n) is 5.89. The third kappa shape index (κ3) is 2.00. The molecule has 1 atom stereocenters. The Labute approximate surface area is 113 Å². The van der Waals surface area contributed by atoms with Gasteiger partial charge in [0, 0.05) is 13.6 Å². The number of likely N-dealkylation sites (N-methyl/N-ethyl adjacent to an activating group) is 1. The topological polar surface area (TPSA) is 41.6 Å². The third-order valence-electron chi connectivity index (χ3n) is 4.06. The molecule has 0 spiro atoms. The van der Waals surface area contributed by atoms with Gasteiger partial charge in [0.1, 0.15) is 5.75 Å². The van der Waals surface area contributed by atoms with Crippen LogP contribution in [0.15, 0.2) is 18.2 Å². The fraction of sp³-hybridized carbons (Fsp3) is 0.533. The van der Waals surface area contributed by atoms with Crippen molar-refractivity contribution in [3.05, 3.63) is 23.8 Å². The summed E-state index contributed by atoms with van der Waals surface area (Å²) in [5, 5.41) is 3.37. The number of anilines is 1. The lowest BCUT2D eigenvalue weighted by Crippen LogP contribution is -2.50. The van der Waals surface area contributed by atoms with Crippen LogP contribution in [0.25, 0.3) is 0 Å². The second-order valence-corrected chi connectivity index (χ2v) is 5.89. The van der Waals surface area contributed by atoms with Crippen LogP contribution in [0.2, 0.25) is 0 Å². The molecule has 0 radical (unpaired) electrons. The fourth-order valence-electron chi connectivity index (χ4n) is 2.91. The van der Waals surface area contributed by atoms with Crippen molar-refractivity contribution in [3.63, 3.8) is 0 Å². The highest BCUT2D eigenvalue weighted by Gasteiger charge is 2.39. The van der Waals surface area contributed by atoms with Crippen molar-refractivity contribution in [2.45, 2.75) is 31.8 Å². The quantitative estimate of drug-likeness (QED) is 0.838. The molecule has 1 amide bonds. The van der Waals surface area contributed by atoms with Gasteiger partial charge in [0.2, 0.25) is 0 Å². The zero-order valence-corrected chi connectivity index (χ0v) is 11.7. The number of nitrogens with zero attached hydrogens (tertiary/aromatic N) is 1. The first-order valence-electron chi connectivity index (χ1n) is 6.81. The Bertz CT molecular complexity index is 519. The molecular formula is C15H20N2O2. The lowest BCUT2D eigenvalue weighted by Gasteiger charge is -2.37. The van der Waals surface area contributed by atoms with E-state index in [0.29, 0.717) is 5.92 Å². The van der Waals surface area contributed by atoms with Gasteiger partial charge < -0.3 is 15.0 Å². The number of hydrogen-bond acceptors (Lipinski definition) is 3. The zero-order chi connectivity index (χ0) is 13.6. The monoisotopic (exact) mass is 260 g/mol. The summed E-state index contributed by atoms with van der Waals surface area (Å²) in [4.78, 5) is 13.9. The molecule has 3 rings (SSSR count). The van der Waals surface area contributed by atoms with Crippen molar-refractivity contribution in [2.75, 3.05) is 25.0 Å². The minimum absolute atomic E-state index is 0.00157. The van der Waals surface area contributed by atoms with Crippen molar-refractivity contribution in [1.82, 2.24) is 5.32 Å². The summed E-state index contributed by atoms with van der Waals surface area (Å²) >= 11 is 0. The largest absolute Gasteiger partial charge is 0.476 e. The highest BCUT2D eigenvalue weighted by Crippen LogP contribution is 2.39.